The van der Waals surface area contributed by atoms with Crippen LogP contribution in [0.1, 0.15) is 44.9 Å². The van der Waals surface area contributed by atoms with Gasteiger partial charge in [-0.2, -0.15) is 0 Å². The fraction of sp³-hybridized carbons (Fsp3) is 1.00. The first-order chi connectivity index (χ1) is 7.45. The summed E-state index contributed by atoms with van der Waals surface area (Å²) >= 11 is 0. The molecule has 2 aliphatic rings. The fourth-order valence-corrected chi connectivity index (χ4v) is 2.83. The van der Waals surface area contributed by atoms with E-state index in [1.54, 1.807) is 0 Å². The van der Waals surface area contributed by atoms with Crippen molar-refractivity contribution in [1.82, 2.24) is 5.32 Å². The first kappa shape index (κ1) is 14.3. The summed E-state index contributed by atoms with van der Waals surface area (Å²) in [4.78, 5) is 0. The maximum atomic E-state index is 5.78. The predicted octanol–water partition coefficient (Wildman–Crippen LogP) is 3.00. The first-order valence-corrected chi connectivity index (χ1v) is 6.73. The first-order valence-electron chi connectivity index (χ1n) is 6.73. The summed E-state index contributed by atoms with van der Waals surface area (Å²) in [5, 5.41) is 3.38. The molecule has 1 saturated carbocycles. The minimum atomic E-state index is 0. The van der Waals surface area contributed by atoms with Crippen molar-refractivity contribution in [2.75, 3.05) is 26.3 Å². The van der Waals surface area contributed by atoms with Gasteiger partial charge in [0.15, 0.2) is 0 Å². The Morgan fingerprint density at radius 1 is 1.00 bits per heavy atom. The predicted molar refractivity (Wildman–Crippen MR) is 70.2 cm³/mol. The summed E-state index contributed by atoms with van der Waals surface area (Å²) in [5.41, 5.74) is 0. The SMILES string of the molecule is C1CCC(CCOCC2CCNC2)CC1.Cl. The number of ether oxygens (including phenoxy) is 1. The highest BCUT2D eigenvalue weighted by Crippen LogP contribution is 2.26. The number of nitrogens with one attached hydrogen (secondary N) is 1. The zero-order chi connectivity index (χ0) is 10.3. The molecule has 0 aromatic carbocycles. The second-order valence-electron chi connectivity index (χ2n) is 5.23. The van der Waals surface area contributed by atoms with E-state index in [-0.39, 0.29) is 12.4 Å². The molecule has 0 amide bonds. The van der Waals surface area contributed by atoms with Crippen molar-refractivity contribution in [2.45, 2.75) is 44.9 Å². The molecule has 1 unspecified atom stereocenters. The fourth-order valence-electron chi connectivity index (χ4n) is 2.83. The number of halogens is 1. The van der Waals surface area contributed by atoms with E-state index in [9.17, 15) is 0 Å². The van der Waals surface area contributed by atoms with Crippen LogP contribution in [0.5, 0.6) is 0 Å². The molecule has 2 rings (SSSR count). The van der Waals surface area contributed by atoms with Crippen LogP contribution in [0.3, 0.4) is 0 Å². The van der Waals surface area contributed by atoms with Gasteiger partial charge >= 0.3 is 0 Å². The van der Waals surface area contributed by atoms with Gasteiger partial charge in [-0.3, -0.25) is 0 Å². The van der Waals surface area contributed by atoms with E-state index in [1.807, 2.05) is 0 Å². The van der Waals surface area contributed by atoms with Crippen LogP contribution in [0.2, 0.25) is 0 Å². The minimum absolute atomic E-state index is 0. The molecule has 1 aliphatic carbocycles. The third kappa shape index (κ3) is 5.03. The zero-order valence-electron chi connectivity index (χ0n) is 10.2. The lowest BCUT2D eigenvalue weighted by atomic mass is 9.87. The van der Waals surface area contributed by atoms with Gasteiger partial charge in [-0.05, 0) is 31.2 Å². The van der Waals surface area contributed by atoms with Gasteiger partial charge in [0.1, 0.15) is 0 Å². The largest absolute Gasteiger partial charge is 0.381 e. The molecule has 0 spiro atoms. The Bertz CT molecular complexity index is 165. The molecule has 2 fully saturated rings. The van der Waals surface area contributed by atoms with E-state index in [2.05, 4.69) is 5.32 Å². The summed E-state index contributed by atoms with van der Waals surface area (Å²) < 4.78 is 5.78. The van der Waals surface area contributed by atoms with Crippen LogP contribution in [0.4, 0.5) is 0 Å². The van der Waals surface area contributed by atoms with E-state index in [0.29, 0.717) is 0 Å². The lowest BCUT2D eigenvalue weighted by Crippen LogP contribution is -2.15. The molecule has 2 nitrogen and oxygen atoms in total. The monoisotopic (exact) mass is 247 g/mol. The van der Waals surface area contributed by atoms with Crippen LogP contribution in [0, 0.1) is 11.8 Å². The molecular weight excluding hydrogens is 222 g/mol. The summed E-state index contributed by atoms with van der Waals surface area (Å²) in [6.45, 7) is 4.35. The molecule has 1 N–H and O–H groups in total. The van der Waals surface area contributed by atoms with Crippen molar-refractivity contribution in [1.29, 1.82) is 0 Å². The Hall–Kier alpha value is 0.210. The molecular formula is C13H26ClNO. The van der Waals surface area contributed by atoms with Gasteiger partial charge in [0.2, 0.25) is 0 Å². The summed E-state index contributed by atoms with van der Waals surface area (Å²) in [6.07, 6.45) is 9.89. The Morgan fingerprint density at radius 2 is 1.81 bits per heavy atom. The smallest absolute Gasteiger partial charge is 0.0506 e. The van der Waals surface area contributed by atoms with Crippen molar-refractivity contribution in [3.8, 4) is 0 Å². The van der Waals surface area contributed by atoms with Crippen molar-refractivity contribution >= 4 is 12.4 Å². The van der Waals surface area contributed by atoms with Gasteiger partial charge < -0.3 is 10.1 Å². The molecule has 1 atom stereocenters. The second-order valence-corrected chi connectivity index (χ2v) is 5.23. The second kappa shape index (κ2) is 8.32. The zero-order valence-corrected chi connectivity index (χ0v) is 11.1. The van der Waals surface area contributed by atoms with E-state index < -0.39 is 0 Å². The van der Waals surface area contributed by atoms with E-state index in [1.165, 1.54) is 58.0 Å². The molecule has 1 aliphatic heterocycles. The quantitative estimate of drug-likeness (QED) is 0.755. The minimum Gasteiger partial charge on any atom is -0.381 e. The number of rotatable bonds is 5. The molecule has 0 bridgehead atoms. The normalized spacial score (nSPS) is 26.6. The molecule has 0 radical (unpaired) electrons. The maximum absolute atomic E-state index is 5.78. The third-order valence-electron chi connectivity index (χ3n) is 3.91. The van der Waals surface area contributed by atoms with Crippen LogP contribution < -0.4 is 5.32 Å². The number of hydrogen-bond donors (Lipinski definition) is 1. The summed E-state index contributed by atoms with van der Waals surface area (Å²) in [7, 11) is 0. The topological polar surface area (TPSA) is 21.3 Å². The van der Waals surface area contributed by atoms with E-state index >= 15 is 0 Å². The van der Waals surface area contributed by atoms with Crippen molar-refractivity contribution in [2.24, 2.45) is 11.8 Å². The van der Waals surface area contributed by atoms with Gasteiger partial charge in [-0.25, -0.2) is 0 Å². The molecule has 1 heterocycles. The van der Waals surface area contributed by atoms with Crippen LogP contribution in [0.25, 0.3) is 0 Å². The summed E-state index contributed by atoms with van der Waals surface area (Å²) in [5.74, 6) is 1.76. The van der Waals surface area contributed by atoms with Crippen LogP contribution in [-0.2, 0) is 4.74 Å². The van der Waals surface area contributed by atoms with Gasteiger partial charge in [0, 0.05) is 13.2 Å². The average Bonchev–Trinajstić information content (AvgIpc) is 2.79. The third-order valence-corrected chi connectivity index (χ3v) is 3.91. The van der Waals surface area contributed by atoms with Gasteiger partial charge in [-0.15, -0.1) is 12.4 Å². The van der Waals surface area contributed by atoms with E-state index in [0.717, 1.165) is 25.0 Å². The Kier molecular flexibility index (Phi) is 7.42. The van der Waals surface area contributed by atoms with Crippen molar-refractivity contribution < 1.29 is 4.74 Å². The van der Waals surface area contributed by atoms with Crippen molar-refractivity contribution in [3.05, 3.63) is 0 Å². The highest BCUT2D eigenvalue weighted by atomic mass is 35.5. The molecule has 0 aromatic rings. The molecule has 0 aromatic heterocycles. The Labute approximate surface area is 106 Å². The van der Waals surface area contributed by atoms with Crippen LogP contribution in [-0.4, -0.2) is 26.3 Å². The van der Waals surface area contributed by atoms with Crippen LogP contribution in [0.15, 0.2) is 0 Å². The van der Waals surface area contributed by atoms with Crippen LogP contribution >= 0.6 is 12.4 Å². The Balaban J connectivity index is 0.00000128. The van der Waals surface area contributed by atoms with Gasteiger partial charge in [0.25, 0.3) is 0 Å². The molecule has 96 valence electrons. The highest BCUT2D eigenvalue weighted by molar-refractivity contribution is 5.85. The summed E-state index contributed by atoms with van der Waals surface area (Å²) in [6, 6.07) is 0. The lowest BCUT2D eigenvalue weighted by Gasteiger charge is -2.21. The van der Waals surface area contributed by atoms with Gasteiger partial charge in [-0.1, -0.05) is 32.1 Å². The number of hydrogen-bond acceptors (Lipinski definition) is 2. The van der Waals surface area contributed by atoms with Gasteiger partial charge in [0.05, 0.1) is 6.61 Å². The van der Waals surface area contributed by atoms with E-state index in [4.69, 9.17) is 4.74 Å². The Morgan fingerprint density at radius 3 is 2.50 bits per heavy atom. The highest BCUT2D eigenvalue weighted by Gasteiger charge is 2.15. The molecule has 3 heteroatoms. The maximum Gasteiger partial charge on any atom is 0.0506 e. The average molecular weight is 248 g/mol. The lowest BCUT2D eigenvalue weighted by molar-refractivity contribution is 0.0890. The standard InChI is InChI=1S/C13H25NO.ClH/c1-2-4-12(5-3-1)7-9-15-11-13-6-8-14-10-13;/h12-14H,1-11H2;1H. The van der Waals surface area contributed by atoms with Crippen molar-refractivity contribution in [3.63, 3.8) is 0 Å². The molecule has 1 saturated heterocycles. The molecule has 16 heavy (non-hydrogen) atoms.